The second-order valence-corrected chi connectivity index (χ2v) is 6.24. The van der Waals surface area contributed by atoms with E-state index in [1.807, 2.05) is 6.07 Å². The van der Waals surface area contributed by atoms with Crippen LogP contribution in [0.15, 0.2) is 100 Å². The molecule has 0 aliphatic rings. The summed E-state index contributed by atoms with van der Waals surface area (Å²) in [5, 5.41) is 3.05. The van der Waals surface area contributed by atoms with Crippen molar-refractivity contribution < 1.29 is 14.0 Å². The first-order chi connectivity index (χ1) is 14.1. The molecule has 1 N–H and O–H groups in total. The van der Waals surface area contributed by atoms with Gasteiger partial charge in [0, 0.05) is 11.8 Å². The van der Waals surface area contributed by atoms with E-state index in [1.54, 1.807) is 78.9 Å². The van der Waals surface area contributed by atoms with Gasteiger partial charge in [0.2, 0.25) is 0 Å². The van der Waals surface area contributed by atoms with Crippen LogP contribution in [0.1, 0.15) is 10.6 Å². The van der Waals surface area contributed by atoms with Crippen molar-refractivity contribution in [2.45, 2.75) is 0 Å². The molecule has 0 radical (unpaired) electrons. The van der Waals surface area contributed by atoms with Gasteiger partial charge in [-0.05, 0) is 36.4 Å². The number of nitrogens with one attached hydrogen (secondary N) is 1. The van der Waals surface area contributed by atoms with Gasteiger partial charge in [-0.25, -0.2) is 9.69 Å². The van der Waals surface area contributed by atoms with Crippen molar-refractivity contribution in [3.8, 4) is 0 Å². The molecule has 0 unspecified atom stereocenters. The predicted molar refractivity (Wildman–Crippen MR) is 111 cm³/mol. The maximum Gasteiger partial charge on any atom is 0.333 e. The Labute approximate surface area is 166 Å². The molecule has 3 amide bonds. The number of para-hydroxylation sites is 3. The number of urea groups is 1. The molecule has 4 aromatic rings. The number of benzene rings is 3. The fourth-order valence-electron chi connectivity index (χ4n) is 2.92. The molecule has 0 spiro atoms. The Morgan fingerprint density at radius 3 is 2.14 bits per heavy atom. The van der Waals surface area contributed by atoms with Gasteiger partial charge in [0.25, 0.3) is 0 Å². The molecule has 4 rings (SSSR count). The van der Waals surface area contributed by atoms with Crippen LogP contribution in [0.5, 0.6) is 0 Å². The third-order valence-electron chi connectivity index (χ3n) is 4.29. The number of carbonyl (C=O) groups is 2. The molecule has 0 aliphatic heterocycles. The molecule has 0 fully saturated rings. The lowest BCUT2D eigenvalue weighted by atomic mass is 10.2. The zero-order chi connectivity index (χ0) is 20.2. The molecular weight excluding hydrogens is 368 g/mol. The van der Waals surface area contributed by atoms with Crippen LogP contribution in [0.2, 0.25) is 0 Å². The third kappa shape index (κ3) is 3.77. The quantitative estimate of drug-likeness (QED) is 0.557. The number of carbonyl (C=O) groups excluding carboxylic acids is 2. The van der Waals surface area contributed by atoms with Crippen molar-refractivity contribution in [2.24, 2.45) is 0 Å². The van der Waals surface area contributed by atoms with Crippen LogP contribution in [0.3, 0.4) is 0 Å². The lowest BCUT2D eigenvalue weighted by Gasteiger charge is -2.21. The van der Waals surface area contributed by atoms with Crippen LogP contribution in [-0.4, -0.2) is 11.9 Å². The number of hydrogen-bond acceptors (Lipinski definition) is 4. The number of anilines is 2. The molecule has 6 heteroatoms. The van der Waals surface area contributed by atoms with E-state index in [4.69, 9.17) is 4.42 Å². The summed E-state index contributed by atoms with van der Waals surface area (Å²) < 4.78 is 5.64. The molecule has 0 bridgehead atoms. The van der Waals surface area contributed by atoms with Gasteiger partial charge in [-0.1, -0.05) is 48.5 Å². The largest absolute Gasteiger partial charge is 0.451 e. The molecule has 1 aromatic heterocycles. The Hall–Kier alpha value is -4.19. The standard InChI is InChI=1S/C23H16N2O4/c26-19-15-21(29-20-14-8-7-13-18(19)20)22(27)25(17-11-5-2-6-12-17)23(28)24-16-9-3-1-4-10-16/h1-15H,(H,24,28). The van der Waals surface area contributed by atoms with Gasteiger partial charge < -0.3 is 9.73 Å². The molecule has 142 valence electrons. The zero-order valence-corrected chi connectivity index (χ0v) is 15.2. The molecule has 0 saturated carbocycles. The topological polar surface area (TPSA) is 79.6 Å². The third-order valence-corrected chi connectivity index (χ3v) is 4.29. The van der Waals surface area contributed by atoms with E-state index in [1.165, 1.54) is 0 Å². The van der Waals surface area contributed by atoms with Crippen molar-refractivity contribution in [1.29, 1.82) is 0 Å². The maximum absolute atomic E-state index is 13.2. The Morgan fingerprint density at radius 1 is 0.793 bits per heavy atom. The highest BCUT2D eigenvalue weighted by atomic mass is 16.3. The Morgan fingerprint density at radius 2 is 1.41 bits per heavy atom. The maximum atomic E-state index is 13.2. The van der Waals surface area contributed by atoms with E-state index < -0.39 is 11.9 Å². The zero-order valence-electron chi connectivity index (χ0n) is 15.2. The highest BCUT2D eigenvalue weighted by molar-refractivity contribution is 6.23. The number of fused-ring (bicyclic) bond motifs is 1. The monoisotopic (exact) mass is 384 g/mol. The average molecular weight is 384 g/mol. The number of amides is 3. The molecule has 1 heterocycles. The molecular formula is C23H16N2O4. The molecule has 29 heavy (non-hydrogen) atoms. The molecule has 3 aromatic carbocycles. The van der Waals surface area contributed by atoms with E-state index in [0.29, 0.717) is 16.8 Å². The highest BCUT2D eigenvalue weighted by Gasteiger charge is 2.27. The van der Waals surface area contributed by atoms with Crippen molar-refractivity contribution >= 4 is 34.3 Å². The molecule has 0 saturated heterocycles. The first-order valence-corrected chi connectivity index (χ1v) is 8.92. The van der Waals surface area contributed by atoms with Crippen molar-refractivity contribution in [2.75, 3.05) is 10.2 Å². The summed E-state index contributed by atoms with van der Waals surface area (Å²) in [6.07, 6.45) is 0. The van der Waals surface area contributed by atoms with Gasteiger partial charge in [0.15, 0.2) is 11.2 Å². The highest BCUT2D eigenvalue weighted by Crippen LogP contribution is 2.20. The molecule has 0 aliphatic carbocycles. The van der Waals surface area contributed by atoms with Crippen LogP contribution in [0.4, 0.5) is 16.2 Å². The minimum absolute atomic E-state index is 0.222. The van der Waals surface area contributed by atoms with Crippen LogP contribution in [-0.2, 0) is 0 Å². The summed E-state index contributed by atoms with van der Waals surface area (Å²) in [5.41, 5.74) is 0.805. The summed E-state index contributed by atoms with van der Waals surface area (Å²) in [7, 11) is 0. The molecule has 0 atom stereocenters. The van der Waals surface area contributed by atoms with Gasteiger partial charge in [0.1, 0.15) is 5.58 Å². The number of hydrogen-bond donors (Lipinski definition) is 1. The van der Waals surface area contributed by atoms with E-state index in [0.717, 1.165) is 11.0 Å². The van der Waals surface area contributed by atoms with E-state index in [-0.39, 0.29) is 16.8 Å². The SMILES string of the molecule is O=C(Nc1ccccc1)N(C(=O)c1cc(=O)c2ccccc2o1)c1ccccc1. The summed E-state index contributed by atoms with van der Waals surface area (Å²) >= 11 is 0. The lowest BCUT2D eigenvalue weighted by Crippen LogP contribution is -2.40. The van der Waals surface area contributed by atoms with Gasteiger partial charge in [-0.2, -0.15) is 0 Å². The van der Waals surface area contributed by atoms with Gasteiger partial charge >= 0.3 is 11.9 Å². The average Bonchev–Trinajstić information content (AvgIpc) is 2.75. The fraction of sp³-hybridized carbons (Fsp3) is 0. The van der Waals surface area contributed by atoms with E-state index in [2.05, 4.69) is 5.32 Å². The Balaban J connectivity index is 1.76. The number of imide groups is 1. The van der Waals surface area contributed by atoms with E-state index in [9.17, 15) is 14.4 Å². The smallest absolute Gasteiger partial charge is 0.333 e. The molecule has 6 nitrogen and oxygen atoms in total. The van der Waals surface area contributed by atoms with Crippen LogP contribution < -0.4 is 15.6 Å². The van der Waals surface area contributed by atoms with Crippen LogP contribution >= 0.6 is 0 Å². The van der Waals surface area contributed by atoms with Crippen LogP contribution in [0.25, 0.3) is 11.0 Å². The Bertz CT molecular complexity index is 1230. The summed E-state index contributed by atoms with van der Waals surface area (Å²) in [5.74, 6) is -0.965. The predicted octanol–water partition coefficient (Wildman–Crippen LogP) is 4.67. The fourth-order valence-corrected chi connectivity index (χ4v) is 2.92. The number of nitrogens with zero attached hydrogens (tertiary/aromatic N) is 1. The lowest BCUT2D eigenvalue weighted by molar-refractivity contribution is 0.0970. The van der Waals surface area contributed by atoms with Crippen molar-refractivity contribution in [1.82, 2.24) is 0 Å². The minimum Gasteiger partial charge on any atom is -0.451 e. The minimum atomic E-state index is -0.743. The normalized spacial score (nSPS) is 10.5. The van der Waals surface area contributed by atoms with Crippen LogP contribution in [0, 0.1) is 0 Å². The first-order valence-electron chi connectivity index (χ1n) is 8.92. The van der Waals surface area contributed by atoms with Crippen molar-refractivity contribution in [3.63, 3.8) is 0 Å². The van der Waals surface area contributed by atoms with Gasteiger partial charge in [0.05, 0.1) is 11.1 Å². The second-order valence-electron chi connectivity index (χ2n) is 6.24. The van der Waals surface area contributed by atoms with E-state index >= 15 is 0 Å². The second kappa shape index (κ2) is 7.82. The van der Waals surface area contributed by atoms with Crippen molar-refractivity contribution in [3.05, 3.63) is 107 Å². The van der Waals surface area contributed by atoms with Gasteiger partial charge in [-0.3, -0.25) is 9.59 Å². The first kappa shape index (κ1) is 18.2. The Kier molecular flexibility index (Phi) is 4.90. The summed E-state index contributed by atoms with van der Waals surface area (Å²) in [6.45, 7) is 0. The van der Waals surface area contributed by atoms with Gasteiger partial charge in [-0.15, -0.1) is 0 Å². The summed E-state index contributed by atoms with van der Waals surface area (Å²) in [6, 6.07) is 24.3. The summed E-state index contributed by atoms with van der Waals surface area (Å²) in [4.78, 5) is 39.5. The number of rotatable bonds is 3.